The number of rotatable bonds is 7. The van der Waals surface area contributed by atoms with E-state index in [1.807, 2.05) is 6.92 Å². The SMILES string of the molecule is CC(C#N)(CCCOc1ccc(F)c(F)c1)NC1CC1. The molecule has 0 aliphatic heterocycles. The Bertz CT molecular complexity index is 511. The van der Waals surface area contributed by atoms with Gasteiger partial charge in [0.25, 0.3) is 0 Å². The molecule has 1 unspecified atom stereocenters. The standard InChI is InChI=1S/C15H18F2N2O/c1-15(10-18,19-11-3-4-11)7-2-8-20-12-5-6-13(16)14(17)9-12/h5-6,9,11,19H,2-4,7-8H2,1H3. The van der Waals surface area contributed by atoms with E-state index in [0.29, 0.717) is 31.2 Å². The summed E-state index contributed by atoms with van der Waals surface area (Å²) in [7, 11) is 0. The van der Waals surface area contributed by atoms with Crippen molar-refractivity contribution in [2.45, 2.75) is 44.2 Å². The molecule has 1 aliphatic carbocycles. The van der Waals surface area contributed by atoms with E-state index in [1.165, 1.54) is 6.07 Å². The van der Waals surface area contributed by atoms with Crippen LogP contribution >= 0.6 is 0 Å². The van der Waals surface area contributed by atoms with Crippen molar-refractivity contribution in [3.8, 4) is 11.8 Å². The normalized spacial score (nSPS) is 17.3. The van der Waals surface area contributed by atoms with Crippen molar-refractivity contribution in [2.24, 2.45) is 0 Å². The fourth-order valence-electron chi connectivity index (χ4n) is 2.02. The molecule has 108 valence electrons. The highest BCUT2D eigenvalue weighted by Crippen LogP contribution is 2.24. The highest BCUT2D eigenvalue weighted by molar-refractivity contribution is 5.23. The number of halogens is 2. The maximum atomic E-state index is 13.0. The van der Waals surface area contributed by atoms with Crippen LogP contribution in [0.3, 0.4) is 0 Å². The summed E-state index contributed by atoms with van der Waals surface area (Å²) in [5, 5.41) is 12.5. The van der Waals surface area contributed by atoms with Crippen molar-refractivity contribution in [2.75, 3.05) is 6.61 Å². The van der Waals surface area contributed by atoms with Crippen LogP contribution in [-0.4, -0.2) is 18.2 Å². The van der Waals surface area contributed by atoms with Crippen molar-refractivity contribution in [1.82, 2.24) is 5.32 Å². The first kappa shape index (κ1) is 14.7. The van der Waals surface area contributed by atoms with Gasteiger partial charge in [0, 0.05) is 12.1 Å². The molecule has 0 spiro atoms. The summed E-state index contributed by atoms with van der Waals surface area (Å²) in [6.45, 7) is 2.25. The summed E-state index contributed by atoms with van der Waals surface area (Å²) in [5.41, 5.74) is -0.543. The molecule has 3 nitrogen and oxygen atoms in total. The van der Waals surface area contributed by atoms with Gasteiger partial charge in [0.05, 0.1) is 12.7 Å². The van der Waals surface area contributed by atoms with Gasteiger partial charge in [-0.15, -0.1) is 0 Å². The second kappa shape index (κ2) is 6.19. The predicted molar refractivity (Wildman–Crippen MR) is 71.3 cm³/mol. The third-order valence-corrected chi connectivity index (χ3v) is 3.33. The Kier molecular flexibility index (Phi) is 4.56. The van der Waals surface area contributed by atoms with Gasteiger partial charge in [-0.3, -0.25) is 5.32 Å². The summed E-state index contributed by atoms with van der Waals surface area (Å²) in [5.74, 6) is -1.50. The topological polar surface area (TPSA) is 45.0 Å². The van der Waals surface area contributed by atoms with Crippen LogP contribution in [-0.2, 0) is 0 Å². The maximum absolute atomic E-state index is 13.0. The average Bonchev–Trinajstić information content (AvgIpc) is 3.22. The lowest BCUT2D eigenvalue weighted by atomic mass is 9.98. The highest BCUT2D eigenvalue weighted by atomic mass is 19.2. The molecule has 1 aromatic rings. The zero-order valence-corrected chi connectivity index (χ0v) is 11.5. The maximum Gasteiger partial charge on any atom is 0.162 e. The lowest BCUT2D eigenvalue weighted by Crippen LogP contribution is -2.42. The molecule has 0 heterocycles. The van der Waals surface area contributed by atoms with Crippen LogP contribution in [0.5, 0.6) is 5.75 Å². The Morgan fingerprint density at radius 2 is 2.15 bits per heavy atom. The highest BCUT2D eigenvalue weighted by Gasteiger charge is 2.31. The molecular formula is C15H18F2N2O. The van der Waals surface area contributed by atoms with E-state index in [0.717, 1.165) is 25.0 Å². The molecule has 0 bridgehead atoms. The van der Waals surface area contributed by atoms with Gasteiger partial charge in [0.1, 0.15) is 11.3 Å². The summed E-state index contributed by atoms with van der Waals surface area (Å²) in [4.78, 5) is 0. The van der Waals surface area contributed by atoms with Crippen LogP contribution < -0.4 is 10.1 Å². The van der Waals surface area contributed by atoms with Crippen LogP contribution in [0.1, 0.15) is 32.6 Å². The molecule has 1 fully saturated rings. The molecule has 1 atom stereocenters. The van der Waals surface area contributed by atoms with Crippen LogP contribution in [0, 0.1) is 23.0 Å². The first-order chi connectivity index (χ1) is 9.52. The number of nitriles is 1. The number of nitrogens with one attached hydrogen (secondary N) is 1. The fraction of sp³-hybridized carbons (Fsp3) is 0.533. The van der Waals surface area contributed by atoms with Crippen molar-refractivity contribution in [1.29, 1.82) is 5.26 Å². The van der Waals surface area contributed by atoms with E-state index in [2.05, 4.69) is 11.4 Å². The van der Waals surface area contributed by atoms with E-state index >= 15 is 0 Å². The zero-order chi connectivity index (χ0) is 14.6. The van der Waals surface area contributed by atoms with Crippen LogP contribution in [0.25, 0.3) is 0 Å². The molecule has 0 radical (unpaired) electrons. The minimum atomic E-state index is -0.917. The van der Waals surface area contributed by atoms with Gasteiger partial charge in [-0.25, -0.2) is 8.78 Å². The molecule has 1 aliphatic rings. The van der Waals surface area contributed by atoms with E-state index in [4.69, 9.17) is 4.74 Å². The third kappa shape index (κ3) is 4.17. The van der Waals surface area contributed by atoms with Crippen LogP contribution in [0.2, 0.25) is 0 Å². The average molecular weight is 280 g/mol. The van der Waals surface area contributed by atoms with E-state index in [9.17, 15) is 14.0 Å². The summed E-state index contributed by atoms with van der Waals surface area (Å²) < 4.78 is 31.1. The first-order valence-electron chi connectivity index (χ1n) is 6.79. The Morgan fingerprint density at radius 3 is 2.75 bits per heavy atom. The Hall–Kier alpha value is -1.67. The van der Waals surface area contributed by atoms with Gasteiger partial charge in [0.15, 0.2) is 11.6 Å². The van der Waals surface area contributed by atoms with Gasteiger partial charge in [-0.2, -0.15) is 5.26 Å². The Balaban J connectivity index is 1.74. The van der Waals surface area contributed by atoms with Gasteiger partial charge < -0.3 is 4.74 Å². The summed E-state index contributed by atoms with van der Waals surface area (Å²) in [6.07, 6.45) is 3.58. The van der Waals surface area contributed by atoms with Crippen molar-refractivity contribution < 1.29 is 13.5 Å². The van der Waals surface area contributed by atoms with Gasteiger partial charge in [-0.1, -0.05) is 0 Å². The quantitative estimate of drug-likeness (QED) is 0.780. The number of benzene rings is 1. The number of hydrogen-bond acceptors (Lipinski definition) is 3. The van der Waals surface area contributed by atoms with E-state index in [1.54, 1.807) is 0 Å². The minimum Gasteiger partial charge on any atom is -0.493 e. The molecule has 0 aromatic heterocycles. The molecule has 1 aromatic carbocycles. The first-order valence-corrected chi connectivity index (χ1v) is 6.79. The van der Waals surface area contributed by atoms with Crippen molar-refractivity contribution in [3.05, 3.63) is 29.8 Å². The third-order valence-electron chi connectivity index (χ3n) is 3.33. The summed E-state index contributed by atoms with van der Waals surface area (Å²) in [6, 6.07) is 6.22. The summed E-state index contributed by atoms with van der Waals surface area (Å²) >= 11 is 0. The fourth-order valence-corrected chi connectivity index (χ4v) is 2.02. The van der Waals surface area contributed by atoms with Gasteiger partial charge >= 0.3 is 0 Å². The van der Waals surface area contributed by atoms with Gasteiger partial charge in [-0.05, 0) is 44.7 Å². The molecule has 1 N–H and O–H groups in total. The molecule has 1 saturated carbocycles. The molecule has 2 rings (SSSR count). The predicted octanol–water partition coefficient (Wildman–Crippen LogP) is 3.16. The number of nitrogens with zero attached hydrogens (tertiary/aromatic N) is 1. The molecule has 0 amide bonds. The van der Waals surface area contributed by atoms with Crippen LogP contribution in [0.4, 0.5) is 8.78 Å². The lowest BCUT2D eigenvalue weighted by molar-refractivity contribution is 0.282. The Labute approximate surface area is 117 Å². The smallest absolute Gasteiger partial charge is 0.162 e. The minimum absolute atomic E-state index is 0.303. The van der Waals surface area contributed by atoms with Crippen molar-refractivity contribution >= 4 is 0 Å². The number of ether oxygens (including phenoxy) is 1. The van der Waals surface area contributed by atoms with E-state index in [-0.39, 0.29) is 0 Å². The Morgan fingerprint density at radius 1 is 1.40 bits per heavy atom. The molecular weight excluding hydrogens is 262 g/mol. The second-order valence-corrected chi connectivity index (χ2v) is 5.39. The number of hydrogen-bond donors (Lipinski definition) is 1. The monoisotopic (exact) mass is 280 g/mol. The van der Waals surface area contributed by atoms with Crippen molar-refractivity contribution in [3.63, 3.8) is 0 Å². The molecule has 20 heavy (non-hydrogen) atoms. The van der Waals surface area contributed by atoms with Crippen LogP contribution in [0.15, 0.2) is 18.2 Å². The van der Waals surface area contributed by atoms with Gasteiger partial charge in [0.2, 0.25) is 0 Å². The lowest BCUT2D eigenvalue weighted by Gasteiger charge is -2.23. The molecule has 0 saturated heterocycles. The zero-order valence-electron chi connectivity index (χ0n) is 11.5. The second-order valence-electron chi connectivity index (χ2n) is 5.39. The largest absolute Gasteiger partial charge is 0.493 e. The van der Waals surface area contributed by atoms with E-state index < -0.39 is 17.2 Å². The molecule has 5 heteroatoms.